The quantitative estimate of drug-likeness (QED) is 0.550. The zero-order valence-corrected chi connectivity index (χ0v) is 11.6. The number of fused-ring (bicyclic) bond motifs is 1. The Morgan fingerprint density at radius 2 is 2.20 bits per heavy atom. The van der Waals surface area contributed by atoms with E-state index in [0.29, 0.717) is 12.1 Å². The van der Waals surface area contributed by atoms with Crippen molar-refractivity contribution in [3.8, 4) is 0 Å². The van der Waals surface area contributed by atoms with Crippen LogP contribution in [0.2, 0.25) is 0 Å². The van der Waals surface area contributed by atoms with Crippen LogP contribution in [0.4, 0.5) is 0 Å². The molecule has 2 rings (SSSR count). The second-order valence-electron chi connectivity index (χ2n) is 3.70. The number of nitrogens with zero attached hydrogens (tertiary/aromatic N) is 2. The predicted molar refractivity (Wildman–Crippen MR) is 51.9 cm³/mol. The van der Waals surface area contributed by atoms with Crippen LogP contribution in [-0.4, -0.2) is 15.6 Å². The Hall–Kier alpha value is -0.476. The van der Waals surface area contributed by atoms with Gasteiger partial charge in [-0.25, -0.2) is 6.29 Å². The summed E-state index contributed by atoms with van der Waals surface area (Å²) in [7, 11) is 0. The number of hydrogen-bond donors (Lipinski definition) is 0. The SMILES string of the molecule is Cc1cn2n(c1=O)C(C)([C-]=O)C=CC2.[Y+3]. The molecule has 1 aliphatic heterocycles. The molecule has 1 aromatic rings. The molecule has 74 valence electrons. The van der Waals surface area contributed by atoms with E-state index in [2.05, 4.69) is 0 Å². The van der Waals surface area contributed by atoms with Crippen molar-refractivity contribution in [1.82, 2.24) is 9.36 Å². The van der Waals surface area contributed by atoms with Crippen LogP contribution in [0.25, 0.3) is 0 Å². The van der Waals surface area contributed by atoms with E-state index < -0.39 is 5.54 Å². The minimum atomic E-state index is -0.955. The number of rotatable bonds is 1. The van der Waals surface area contributed by atoms with Crippen LogP contribution < -0.4 is 5.56 Å². The molecule has 0 aliphatic carbocycles. The average Bonchev–Trinajstić information content (AvgIpc) is 2.44. The summed E-state index contributed by atoms with van der Waals surface area (Å²) in [4.78, 5) is 22.6. The predicted octanol–water partition coefficient (Wildman–Crippen LogP) is 0.350. The Balaban J connectivity index is 0.00000112. The van der Waals surface area contributed by atoms with Crippen molar-refractivity contribution in [3.05, 3.63) is 34.3 Å². The van der Waals surface area contributed by atoms with E-state index in [4.69, 9.17) is 0 Å². The molecule has 0 bridgehead atoms. The first-order valence-corrected chi connectivity index (χ1v) is 4.45. The summed E-state index contributed by atoms with van der Waals surface area (Å²) >= 11 is 0. The molecule has 4 nitrogen and oxygen atoms in total. The maximum Gasteiger partial charge on any atom is 3.00 e. The van der Waals surface area contributed by atoms with Crippen molar-refractivity contribution in [3.63, 3.8) is 0 Å². The van der Waals surface area contributed by atoms with Gasteiger partial charge in [0.05, 0.1) is 6.54 Å². The van der Waals surface area contributed by atoms with E-state index in [0.717, 1.165) is 0 Å². The van der Waals surface area contributed by atoms with Gasteiger partial charge >= 0.3 is 32.7 Å². The molecule has 0 saturated heterocycles. The first-order chi connectivity index (χ1) is 6.58. The standard InChI is InChI=1S/C10H11N2O2.Y/c1-8-6-11-5-3-4-10(2,7-13)12(11)9(8)14;/h3-4,6H,5H2,1-2H3;/q-1;+3. The van der Waals surface area contributed by atoms with Crippen LogP contribution in [-0.2, 0) is 49.6 Å². The van der Waals surface area contributed by atoms with Gasteiger partial charge in [-0.3, -0.25) is 14.2 Å². The molecule has 0 spiro atoms. The number of hydrogen-bond acceptors (Lipinski definition) is 2. The van der Waals surface area contributed by atoms with Crippen molar-refractivity contribution in [1.29, 1.82) is 0 Å². The molecule has 15 heavy (non-hydrogen) atoms. The molecule has 5 heteroatoms. The minimum absolute atomic E-state index is 0. The largest absolute Gasteiger partial charge is 3.00 e. The summed E-state index contributed by atoms with van der Waals surface area (Å²) in [6.45, 7) is 4.04. The van der Waals surface area contributed by atoms with Gasteiger partial charge in [-0.1, -0.05) is 19.1 Å². The van der Waals surface area contributed by atoms with Crippen molar-refractivity contribution >= 4 is 6.29 Å². The molecule has 0 radical (unpaired) electrons. The fourth-order valence-electron chi connectivity index (χ4n) is 1.77. The fourth-order valence-corrected chi connectivity index (χ4v) is 1.77. The summed E-state index contributed by atoms with van der Waals surface area (Å²) in [6.07, 6.45) is 7.22. The molecule has 1 unspecified atom stereocenters. The van der Waals surface area contributed by atoms with Gasteiger partial charge in [0, 0.05) is 11.8 Å². The molecule has 0 saturated carbocycles. The van der Waals surface area contributed by atoms with Gasteiger partial charge in [0.1, 0.15) is 0 Å². The van der Waals surface area contributed by atoms with Crippen LogP contribution in [0.5, 0.6) is 0 Å². The smallest absolute Gasteiger partial charge is 0.539 e. The fraction of sp³-hybridized carbons (Fsp3) is 0.400. The van der Waals surface area contributed by atoms with Gasteiger partial charge in [-0.2, -0.15) is 0 Å². The molecular weight excluding hydrogens is 269 g/mol. The van der Waals surface area contributed by atoms with Gasteiger partial charge in [0.2, 0.25) is 0 Å². The Morgan fingerprint density at radius 3 is 2.80 bits per heavy atom. The molecule has 0 N–H and O–H groups in total. The molecule has 2 heterocycles. The van der Waals surface area contributed by atoms with Crippen LogP contribution in [0, 0.1) is 6.92 Å². The number of aromatic nitrogens is 2. The van der Waals surface area contributed by atoms with Gasteiger partial charge in [-0.15, -0.1) is 0 Å². The summed E-state index contributed by atoms with van der Waals surface area (Å²) < 4.78 is 3.18. The van der Waals surface area contributed by atoms with Crippen molar-refractivity contribution in [2.24, 2.45) is 0 Å². The van der Waals surface area contributed by atoms with E-state index >= 15 is 0 Å². The van der Waals surface area contributed by atoms with E-state index in [-0.39, 0.29) is 38.3 Å². The van der Waals surface area contributed by atoms with Crippen molar-refractivity contribution in [2.45, 2.75) is 25.9 Å². The average molecular weight is 280 g/mol. The van der Waals surface area contributed by atoms with E-state index in [1.807, 2.05) is 12.4 Å². The van der Waals surface area contributed by atoms with Crippen LogP contribution in [0.15, 0.2) is 23.1 Å². The molecule has 0 amide bonds. The van der Waals surface area contributed by atoms with E-state index in [9.17, 15) is 9.59 Å². The second-order valence-corrected chi connectivity index (χ2v) is 3.70. The number of allylic oxidation sites excluding steroid dienone is 2. The number of carbonyl (C=O) groups excluding carboxylic acids is 1. The minimum Gasteiger partial charge on any atom is -0.539 e. The van der Waals surface area contributed by atoms with Gasteiger partial charge in [0.15, 0.2) is 0 Å². The molecular formula is C10H11N2O2Y+2. The Labute approximate surface area is 113 Å². The summed E-state index contributed by atoms with van der Waals surface area (Å²) in [5.74, 6) is 0. The van der Waals surface area contributed by atoms with E-state index in [1.54, 1.807) is 30.8 Å². The third kappa shape index (κ3) is 1.81. The molecule has 1 atom stereocenters. The first kappa shape index (κ1) is 12.6. The summed E-state index contributed by atoms with van der Waals surface area (Å²) in [6, 6.07) is 0. The molecule has 1 aromatic heterocycles. The van der Waals surface area contributed by atoms with Crippen LogP contribution >= 0.6 is 0 Å². The Kier molecular flexibility index (Phi) is 3.51. The molecule has 1 aliphatic rings. The van der Waals surface area contributed by atoms with Crippen molar-refractivity contribution < 1.29 is 37.5 Å². The molecule has 0 aromatic carbocycles. The van der Waals surface area contributed by atoms with Gasteiger partial charge in [-0.05, 0) is 12.5 Å². The second kappa shape index (κ2) is 4.18. The monoisotopic (exact) mass is 280 g/mol. The summed E-state index contributed by atoms with van der Waals surface area (Å²) in [5.41, 5.74) is -0.431. The first-order valence-electron chi connectivity index (χ1n) is 4.45. The zero-order chi connectivity index (χ0) is 10.3. The summed E-state index contributed by atoms with van der Waals surface area (Å²) in [5, 5.41) is 0. The number of aryl methyl sites for hydroxylation is 1. The Morgan fingerprint density at radius 1 is 1.53 bits per heavy atom. The van der Waals surface area contributed by atoms with Gasteiger partial charge < -0.3 is 4.79 Å². The topological polar surface area (TPSA) is 44.0 Å². The zero-order valence-electron chi connectivity index (χ0n) is 8.73. The Bertz CT molecular complexity index is 472. The van der Waals surface area contributed by atoms with Crippen LogP contribution in [0.3, 0.4) is 0 Å². The van der Waals surface area contributed by atoms with Gasteiger partial charge in [0.25, 0.3) is 5.56 Å². The molecule has 0 fully saturated rings. The third-order valence-corrected chi connectivity index (χ3v) is 2.51. The third-order valence-electron chi connectivity index (χ3n) is 2.51. The van der Waals surface area contributed by atoms with Crippen molar-refractivity contribution in [2.75, 3.05) is 0 Å². The maximum absolute atomic E-state index is 11.7. The van der Waals surface area contributed by atoms with Crippen LogP contribution in [0.1, 0.15) is 12.5 Å². The van der Waals surface area contributed by atoms with E-state index in [1.165, 1.54) is 4.68 Å². The normalized spacial score (nSPS) is 23.1. The maximum atomic E-state index is 11.7.